The molecule has 1 N–H and O–H groups in total. The third kappa shape index (κ3) is 3.79. The molecule has 1 aliphatic rings. The van der Waals surface area contributed by atoms with Crippen LogP contribution in [0.4, 0.5) is 13.2 Å². The quantitative estimate of drug-likeness (QED) is 0.365. The molecule has 100 valence electrons. The molecule has 0 radical (unpaired) electrons. The van der Waals surface area contributed by atoms with Crippen LogP contribution in [0, 0.1) is 17.2 Å². The molecule has 0 heterocycles. The van der Waals surface area contributed by atoms with Gasteiger partial charge in [-0.3, -0.25) is 5.32 Å². The minimum absolute atomic E-state index is 0.0744. The van der Waals surface area contributed by atoms with E-state index in [0.29, 0.717) is 12.8 Å². The second kappa shape index (κ2) is 5.94. The molecule has 0 aromatic carbocycles. The third-order valence-corrected chi connectivity index (χ3v) is 3.17. The van der Waals surface area contributed by atoms with Gasteiger partial charge in [-0.2, -0.15) is 18.4 Å². The number of hydrogen-bond donors (Lipinski definition) is 1. The Morgan fingerprint density at radius 2 is 2.28 bits per heavy atom. The van der Waals surface area contributed by atoms with Crippen molar-refractivity contribution in [3.8, 4) is 6.07 Å². The van der Waals surface area contributed by atoms with Gasteiger partial charge in [0.05, 0.1) is 12.0 Å². The topological polar surface area (TPSA) is 84.6 Å². The molecule has 0 aromatic heterocycles. The number of alkyl halides is 3. The van der Waals surface area contributed by atoms with Crippen molar-refractivity contribution in [1.29, 1.82) is 5.26 Å². The Morgan fingerprint density at radius 1 is 1.56 bits per heavy atom. The monoisotopic (exact) mass is 261 g/mol. The summed E-state index contributed by atoms with van der Waals surface area (Å²) in [4.78, 5) is 2.54. The maximum atomic E-state index is 12.7. The van der Waals surface area contributed by atoms with Gasteiger partial charge in [0.25, 0.3) is 0 Å². The van der Waals surface area contributed by atoms with Crippen LogP contribution in [0.3, 0.4) is 0 Å². The molecular weight excluding hydrogens is 247 g/mol. The second-order valence-electron chi connectivity index (χ2n) is 4.41. The van der Waals surface area contributed by atoms with Gasteiger partial charge in [-0.1, -0.05) is 5.11 Å². The number of nitrogens with one attached hydrogen (secondary N) is 1. The van der Waals surface area contributed by atoms with E-state index in [-0.39, 0.29) is 25.9 Å². The Bertz CT molecular complexity index is 369. The summed E-state index contributed by atoms with van der Waals surface area (Å²) < 4.78 is 38.0. The molecule has 0 saturated heterocycles. The van der Waals surface area contributed by atoms with E-state index in [1.165, 1.54) is 0 Å². The van der Waals surface area contributed by atoms with Crippen LogP contribution in [0.5, 0.6) is 0 Å². The van der Waals surface area contributed by atoms with Gasteiger partial charge in [-0.05, 0) is 31.2 Å². The molecule has 1 aliphatic carbocycles. The fourth-order valence-corrected chi connectivity index (χ4v) is 2.25. The zero-order valence-corrected chi connectivity index (χ0v) is 9.74. The van der Waals surface area contributed by atoms with Crippen molar-refractivity contribution in [1.82, 2.24) is 5.32 Å². The van der Waals surface area contributed by atoms with Crippen LogP contribution < -0.4 is 5.32 Å². The maximum Gasteiger partial charge on any atom is 0.391 e. The van der Waals surface area contributed by atoms with Gasteiger partial charge in [0, 0.05) is 18.0 Å². The molecule has 1 rings (SSSR count). The summed E-state index contributed by atoms with van der Waals surface area (Å²) in [5, 5.41) is 15.2. The lowest BCUT2D eigenvalue weighted by molar-refractivity contribution is -0.186. The number of azide groups is 1. The lowest BCUT2D eigenvalue weighted by Gasteiger charge is -2.37. The Hall–Kier alpha value is -1.45. The van der Waals surface area contributed by atoms with E-state index in [0.717, 1.165) is 0 Å². The largest absolute Gasteiger partial charge is 0.391 e. The van der Waals surface area contributed by atoms with Gasteiger partial charge in [-0.15, -0.1) is 0 Å². The van der Waals surface area contributed by atoms with Crippen molar-refractivity contribution in [3.63, 3.8) is 0 Å². The van der Waals surface area contributed by atoms with Crippen molar-refractivity contribution < 1.29 is 13.2 Å². The number of nitrogens with zero attached hydrogens (tertiary/aromatic N) is 4. The van der Waals surface area contributed by atoms with Crippen molar-refractivity contribution in [3.05, 3.63) is 10.4 Å². The molecule has 0 aromatic rings. The first-order valence-electron chi connectivity index (χ1n) is 5.67. The Kier molecular flexibility index (Phi) is 4.82. The average molecular weight is 261 g/mol. The zero-order valence-electron chi connectivity index (χ0n) is 9.74. The van der Waals surface area contributed by atoms with Gasteiger partial charge in [-0.25, -0.2) is 0 Å². The Labute approximate surface area is 103 Å². The number of halogens is 3. The molecule has 8 heteroatoms. The summed E-state index contributed by atoms with van der Waals surface area (Å²) in [6, 6.07) is 1.95. The van der Waals surface area contributed by atoms with Crippen LogP contribution in [0.25, 0.3) is 10.4 Å². The highest BCUT2D eigenvalue weighted by Crippen LogP contribution is 2.41. The Morgan fingerprint density at radius 3 is 2.83 bits per heavy atom. The summed E-state index contributed by atoms with van der Waals surface area (Å²) in [5.41, 5.74) is 6.94. The van der Waals surface area contributed by atoms with Gasteiger partial charge in [0.1, 0.15) is 5.54 Å². The minimum Gasteiger partial charge on any atom is -0.299 e. The first kappa shape index (κ1) is 14.6. The first-order valence-corrected chi connectivity index (χ1v) is 5.67. The number of nitriles is 1. The minimum atomic E-state index is -4.25. The van der Waals surface area contributed by atoms with E-state index in [9.17, 15) is 13.2 Å². The van der Waals surface area contributed by atoms with Crippen molar-refractivity contribution in [2.24, 2.45) is 11.0 Å². The van der Waals surface area contributed by atoms with Gasteiger partial charge >= 0.3 is 6.18 Å². The standard InChI is InChI=1S/C10H14F3N5/c11-10(12,13)8-2-1-3-9(6-8,7-14)16-4-5-17-18-15/h8,16H,1-6H2. The number of rotatable bonds is 4. The Balaban J connectivity index is 2.63. The zero-order chi connectivity index (χ0) is 13.6. The third-order valence-electron chi connectivity index (χ3n) is 3.17. The van der Waals surface area contributed by atoms with E-state index in [2.05, 4.69) is 15.3 Å². The first-order chi connectivity index (χ1) is 8.43. The molecule has 0 spiro atoms. The summed E-state index contributed by atoms with van der Waals surface area (Å²) in [5.74, 6) is -1.43. The van der Waals surface area contributed by atoms with Gasteiger partial charge < -0.3 is 0 Å². The summed E-state index contributed by atoms with van der Waals surface area (Å²) in [7, 11) is 0. The van der Waals surface area contributed by atoms with E-state index in [4.69, 9.17) is 10.8 Å². The molecule has 0 aliphatic heterocycles. The molecular formula is C10H14F3N5. The SMILES string of the molecule is N#CC1(NCCN=[N+]=[N-])CCCC(C(F)(F)F)C1. The van der Waals surface area contributed by atoms with Crippen molar-refractivity contribution in [2.75, 3.05) is 13.1 Å². The average Bonchev–Trinajstić information content (AvgIpc) is 2.34. The summed E-state index contributed by atoms with van der Waals surface area (Å²) >= 11 is 0. The normalized spacial score (nSPS) is 28.2. The fraction of sp³-hybridized carbons (Fsp3) is 0.900. The van der Waals surface area contributed by atoms with Crippen molar-refractivity contribution in [2.45, 2.75) is 37.4 Å². The summed E-state index contributed by atoms with van der Waals surface area (Å²) in [6.45, 7) is 0.332. The molecule has 2 unspecified atom stereocenters. The van der Waals surface area contributed by atoms with E-state index in [1.54, 1.807) is 0 Å². The van der Waals surface area contributed by atoms with Crippen molar-refractivity contribution >= 4 is 0 Å². The van der Waals surface area contributed by atoms with Gasteiger partial charge in [0.2, 0.25) is 0 Å². The molecule has 2 atom stereocenters. The van der Waals surface area contributed by atoms with Crippen LogP contribution in [0.15, 0.2) is 5.11 Å². The smallest absolute Gasteiger partial charge is 0.299 e. The molecule has 1 saturated carbocycles. The molecule has 0 bridgehead atoms. The molecule has 18 heavy (non-hydrogen) atoms. The highest BCUT2D eigenvalue weighted by molar-refractivity contribution is 5.10. The predicted octanol–water partition coefficient (Wildman–Crippen LogP) is 2.90. The highest BCUT2D eigenvalue weighted by Gasteiger charge is 2.47. The molecule has 5 nitrogen and oxygen atoms in total. The predicted molar refractivity (Wildman–Crippen MR) is 58.4 cm³/mol. The van der Waals surface area contributed by atoms with Crippen LogP contribution in [-0.2, 0) is 0 Å². The highest BCUT2D eigenvalue weighted by atomic mass is 19.4. The van der Waals surface area contributed by atoms with E-state index in [1.807, 2.05) is 6.07 Å². The van der Waals surface area contributed by atoms with E-state index >= 15 is 0 Å². The molecule has 0 amide bonds. The second-order valence-corrected chi connectivity index (χ2v) is 4.41. The van der Waals surface area contributed by atoms with Crippen LogP contribution in [0.1, 0.15) is 25.7 Å². The van der Waals surface area contributed by atoms with Crippen LogP contribution in [-0.4, -0.2) is 24.8 Å². The van der Waals surface area contributed by atoms with Crippen LogP contribution >= 0.6 is 0 Å². The van der Waals surface area contributed by atoms with Crippen LogP contribution in [0.2, 0.25) is 0 Å². The fourth-order valence-electron chi connectivity index (χ4n) is 2.25. The summed E-state index contributed by atoms with van der Waals surface area (Å²) in [6.07, 6.45) is -3.65. The molecule has 1 fully saturated rings. The lowest BCUT2D eigenvalue weighted by atomic mass is 9.76. The lowest BCUT2D eigenvalue weighted by Crippen LogP contribution is -2.50. The number of hydrogen-bond acceptors (Lipinski definition) is 3. The van der Waals surface area contributed by atoms with E-state index < -0.39 is 17.6 Å². The van der Waals surface area contributed by atoms with Gasteiger partial charge in [0.15, 0.2) is 0 Å². The maximum absolute atomic E-state index is 12.7.